The molecule has 0 bridgehead atoms. The van der Waals surface area contributed by atoms with E-state index in [-0.39, 0.29) is 30.7 Å². The highest BCUT2D eigenvalue weighted by atomic mass is 79.9. The molecule has 0 aliphatic carbocycles. The molecular formula is C16H20BrN3O3. The predicted molar refractivity (Wildman–Crippen MR) is 90.9 cm³/mol. The van der Waals surface area contributed by atoms with Crippen LogP contribution < -0.4 is 15.5 Å². The molecule has 1 aromatic rings. The molecule has 0 aromatic heterocycles. The molecule has 3 amide bonds. The van der Waals surface area contributed by atoms with E-state index in [4.69, 9.17) is 0 Å². The normalized spacial score (nSPS) is 17.2. The van der Waals surface area contributed by atoms with Gasteiger partial charge in [-0.1, -0.05) is 19.1 Å². The van der Waals surface area contributed by atoms with Crippen molar-refractivity contribution < 1.29 is 14.4 Å². The van der Waals surface area contributed by atoms with Crippen molar-refractivity contribution in [2.24, 2.45) is 5.92 Å². The molecular weight excluding hydrogens is 362 g/mol. The lowest BCUT2D eigenvalue weighted by Gasteiger charge is -2.18. The molecule has 1 heterocycles. The first-order valence-corrected chi connectivity index (χ1v) is 8.41. The van der Waals surface area contributed by atoms with E-state index >= 15 is 0 Å². The molecule has 6 nitrogen and oxygen atoms in total. The Morgan fingerprint density at radius 1 is 1.30 bits per heavy atom. The van der Waals surface area contributed by atoms with Crippen molar-refractivity contribution in [1.82, 2.24) is 10.6 Å². The number of hydrogen-bond acceptors (Lipinski definition) is 3. The summed E-state index contributed by atoms with van der Waals surface area (Å²) in [7, 11) is 0. The van der Waals surface area contributed by atoms with Crippen LogP contribution in [0.4, 0.5) is 5.69 Å². The highest BCUT2D eigenvalue weighted by Crippen LogP contribution is 2.31. The smallest absolute Gasteiger partial charge is 0.239 e. The van der Waals surface area contributed by atoms with Gasteiger partial charge in [-0.05, 0) is 34.5 Å². The number of hydrogen-bond donors (Lipinski definition) is 2. The number of carbonyl (C=O) groups excluding carboxylic acids is 3. The molecule has 0 radical (unpaired) electrons. The number of rotatable bonds is 6. The summed E-state index contributed by atoms with van der Waals surface area (Å²) in [5, 5.41) is 5.29. The van der Waals surface area contributed by atoms with E-state index in [2.05, 4.69) is 26.6 Å². The van der Waals surface area contributed by atoms with E-state index in [9.17, 15) is 14.4 Å². The quantitative estimate of drug-likeness (QED) is 0.782. The zero-order valence-corrected chi connectivity index (χ0v) is 14.6. The summed E-state index contributed by atoms with van der Waals surface area (Å²) in [6, 6.07) is 7.40. The van der Waals surface area contributed by atoms with E-state index in [1.165, 1.54) is 0 Å². The van der Waals surface area contributed by atoms with Crippen LogP contribution in [-0.4, -0.2) is 37.4 Å². The molecule has 1 saturated heterocycles. The van der Waals surface area contributed by atoms with Gasteiger partial charge in [-0.15, -0.1) is 0 Å². The van der Waals surface area contributed by atoms with Crippen LogP contribution in [0.5, 0.6) is 0 Å². The van der Waals surface area contributed by atoms with Crippen molar-refractivity contribution in [1.29, 1.82) is 0 Å². The number of anilines is 1. The Kier molecular flexibility index (Phi) is 6.15. The van der Waals surface area contributed by atoms with E-state index in [1.807, 2.05) is 31.2 Å². The van der Waals surface area contributed by atoms with Crippen molar-refractivity contribution in [3.8, 4) is 0 Å². The largest absolute Gasteiger partial charge is 0.355 e. The number of halogens is 1. The number of nitrogens with zero attached hydrogens (tertiary/aromatic N) is 1. The number of benzene rings is 1. The Hall–Kier alpha value is -1.89. The average molecular weight is 382 g/mol. The molecule has 0 unspecified atom stereocenters. The lowest BCUT2D eigenvalue weighted by atomic mass is 10.1. The number of para-hydroxylation sites is 1. The van der Waals surface area contributed by atoms with Crippen LogP contribution in [0.1, 0.15) is 19.8 Å². The van der Waals surface area contributed by atoms with Crippen LogP contribution in [0.25, 0.3) is 0 Å². The van der Waals surface area contributed by atoms with Crippen molar-refractivity contribution in [3.63, 3.8) is 0 Å². The van der Waals surface area contributed by atoms with Gasteiger partial charge in [0.2, 0.25) is 17.7 Å². The standard InChI is InChI=1S/C16H20BrN3O3/c1-2-7-18-14(21)9-19-16(23)11-8-15(22)20(10-11)13-6-4-3-5-12(13)17/h3-6,11H,2,7-10H2,1H3,(H,18,21)(H,19,23)/t11-/m0/s1. The molecule has 124 valence electrons. The first-order valence-electron chi connectivity index (χ1n) is 7.62. The van der Waals surface area contributed by atoms with Gasteiger partial charge in [0.1, 0.15) is 0 Å². The molecule has 2 N–H and O–H groups in total. The Morgan fingerprint density at radius 3 is 2.74 bits per heavy atom. The second-order valence-electron chi connectivity index (χ2n) is 5.42. The molecule has 1 aliphatic rings. The van der Waals surface area contributed by atoms with Crippen molar-refractivity contribution in [2.75, 3.05) is 24.5 Å². The Labute approximate surface area is 143 Å². The molecule has 1 aliphatic heterocycles. The average Bonchev–Trinajstić information content (AvgIpc) is 2.93. The van der Waals surface area contributed by atoms with Crippen LogP contribution in [0.15, 0.2) is 28.7 Å². The van der Waals surface area contributed by atoms with Crippen molar-refractivity contribution >= 4 is 39.3 Å². The third-order valence-electron chi connectivity index (χ3n) is 3.63. The van der Waals surface area contributed by atoms with E-state index < -0.39 is 5.92 Å². The molecule has 23 heavy (non-hydrogen) atoms. The maximum atomic E-state index is 12.2. The molecule has 2 rings (SSSR count). The fourth-order valence-electron chi connectivity index (χ4n) is 2.43. The highest BCUT2D eigenvalue weighted by molar-refractivity contribution is 9.10. The lowest BCUT2D eigenvalue weighted by Crippen LogP contribution is -2.40. The first kappa shape index (κ1) is 17.5. The molecule has 1 aromatic carbocycles. The van der Waals surface area contributed by atoms with Crippen LogP contribution in [0, 0.1) is 5.92 Å². The molecule has 0 saturated carbocycles. The Morgan fingerprint density at radius 2 is 2.04 bits per heavy atom. The minimum atomic E-state index is -0.436. The van der Waals surface area contributed by atoms with Crippen LogP contribution in [-0.2, 0) is 14.4 Å². The highest BCUT2D eigenvalue weighted by Gasteiger charge is 2.35. The minimum Gasteiger partial charge on any atom is -0.355 e. The summed E-state index contributed by atoms with van der Waals surface area (Å²) in [5.41, 5.74) is 0.758. The van der Waals surface area contributed by atoms with Gasteiger partial charge in [0.15, 0.2) is 0 Å². The fourth-order valence-corrected chi connectivity index (χ4v) is 2.92. The second-order valence-corrected chi connectivity index (χ2v) is 6.28. The van der Waals surface area contributed by atoms with Gasteiger partial charge < -0.3 is 15.5 Å². The zero-order valence-electron chi connectivity index (χ0n) is 13.0. The van der Waals surface area contributed by atoms with Gasteiger partial charge in [0.25, 0.3) is 0 Å². The predicted octanol–water partition coefficient (Wildman–Crippen LogP) is 1.44. The molecule has 0 spiro atoms. The lowest BCUT2D eigenvalue weighted by molar-refractivity contribution is -0.128. The van der Waals surface area contributed by atoms with Crippen LogP contribution in [0.3, 0.4) is 0 Å². The molecule has 7 heteroatoms. The van der Waals surface area contributed by atoms with E-state index in [0.717, 1.165) is 16.6 Å². The van der Waals surface area contributed by atoms with E-state index in [0.29, 0.717) is 13.1 Å². The molecule has 1 atom stereocenters. The number of amides is 3. The van der Waals surface area contributed by atoms with Gasteiger partial charge in [-0.3, -0.25) is 14.4 Å². The summed E-state index contributed by atoms with van der Waals surface area (Å²) in [6.07, 6.45) is 1.00. The van der Waals surface area contributed by atoms with Gasteiger partial charge >= 0.3 is 0 Å². The third-order valence-corrected chi connectivity index (χ3v) is 4.30. The van der Waals surface area contributed by atoms with Crippen molar-refractivity contribution in [3.05, 3.63) is 28.7 Å². The Balaban J connectivity index is 1.91. The van der Waals surface area contributed by atoms with Crippen LogP contribution in [0.2, 0.25) is 0 Å². The SMILES string of the molecule is CCCNC(=O)CNC(=O)[C@H]1CC(=O)N(c2ccccc2Br)C1. The van der Waals surface area contributed by atoms with Crippen molar-refractivity contribution in [2.45, 2.75) is 19.8 Å². The van der Waals surface area contributed by atoms with Gasteiger partial charge in [0, 0.05) is 24.0 Å². The summed E-state index contributed by atoms with van der Waals surface area (Å²) in [6.45, 7) is 2.81. The van der Waals surface area contributed by atoms with Gasteiger partial charge in [0.05, 0.1) is 18.2 Å². The topological polar surface area (TPSA) is 78.5 Å². The maximum absolute atomic E-state index is 12.2. The summed E-state index contributed by atoms with van der Waals surface area (Å²) in [5.74, 6) is -1.01. The summed E-state index contributed by atoms with van der Waals surface area (Å²) in [4.78, 5) is 37.4. The monoisotopic (exact) mass is 381 g/mol. The third kappa shape index (κ3) is 4.54. The van der Waals surface area contributed by atoms with Crippen LogP contribution >= 0.6 is 15.9 Å². The van der Waals surface area contributed by atoms with Gasteiger partial charge in [-0.2, -0.15) is 0 Å². The first-order chi connectivity index (χ1) is 11.0. The number of carbonyl (C=O) groups is 3. The molecule has 1 fully saturated rings. The second kappa shape index (κ2) is 8.10. The Bertz CT molecular complexity index is 606. The summed E-state index contributed by atoms with van der Waals surface area (Å²) < 4.78 is 0.813. The number of nitrogens with one attached hydrogen (secondary N) is 2. The minimum absolute atomic E-state index is 0.0570. The maximum Gasteiger partial charge on any atom is 0.239 e. The van der Waals surface area contributed by atoms with E-state index in [1.54, 1.807) is 4.90 Å². The zero-order chi connectivity index (χ0) is 16.8. The summed E-state index contributed by atoms with van der Waals surface area (Å²) >= 11 is 3.42. The fraction of sp³-hybridized carbons (Fsp3) is 0.438. The van der Waals surface area contributed by atoms with Gasteiger partial charge in [-0.25, -0.2) is 0 Å².